The maximum absolute atomic E-state index is 12.1. The molecule has 2 aromatic carbocycles. The third-order valence-electron chi connectivity index (χ3n) is 2.86. The van der Waals surface area contributed by atoms with E-state index in [1.807, 2.05) is 49.4 Å². The topological polar surface area (TPSA) is 52.9 Å². The predicted octanol–water partition coefficient (Wildman–Crippen LogP) is 4.30. The summed E-state index contributed by atoms with van der Waals surface area (Å²) in [6.45, 7) is 1.99. The van der Waals surface area contributed by atoms with Gasteiger partial charge in [0.15, 0.2) is 0 Å². The molecule has 21 heavy (non-hydrogen) atoms. The minimum Gasteiger partial charge on any atom is -0.321 e. The standard InChI is InChI=1S/C17H13BrN2O/c1-12-2-4-13(5-3-12)10-14(11-19)17(21)20-16-8-6-15(18)7-9-16/h2-10H,1H3,(H,20,21)/b14-10-. The largest absolute Gasteiger partial charge is 0.321 e. The van der Waals surface area contributed by atoms with E-state index >= 15 is 0 Å². The Labute approximate surface area is 132 Å². The summed E-state index contributed by atoms with van der Waals surface area (Å²) in [6.07, 6.45) is 1.58. The molecular weight excluding hydrogens is 328 g/mol. The molecule has 0 saturated heterocycles. The van der Waals surface area contributed by atoms with E-state index in [0.717, 1.165) is 15.6 Å². The Morgan fingerprint density at radius 3 is 2.33 bits per heavy atom. The molecular formula is C17H13BrN2O. The molecule has 0 aliphatic heterocycles. The van der Waals surface area contributed by atoms with Gasteiger partial charge in [0.05, 0.1) is 0 Å². The average molecular weight is 341 g/mol. The van der Waals surface area contributed by atoms with Crippen LogP contribution in [0, 0.1) is 18.3 Å². The van der Waals surface area contributed by atoms with Gasteiger partial charge in [-0.2, -0.15) is 5.26 Å². The fraction of sp³-hybridized carbons (Fsp3) is 0.0588. The van der Waals surface area contributed by atoms with Gasteiger partial charge in [0.25, 0.3) is 5.91 Å². The van der Waals surface area contributed by atoms with Gasteiger partial charge >= 0.3 is 0 Å². The van der Waals surface area contributed by atoms with Crippen LogP contribution in [0.25, 0.3) is 6.08 Å². The number of nitrogens with one attached hydrogen (secondary N) is 1. The van der Waals surface area contributed by atoms with Crippen LogP contribution < -0.4 is 5.32 Å². The third kappa shape index (κ3) is 4.30. The monoisotopic (exact) mass is 340 g/mol. The summed E-state index contributed by atoms with van der Waals surface area (Å²) in [7, 11) is 0. The van der Waals surface area contributed by atoms with E-state index < -0.39 is 5.91 Å². The summed E-state index contributed by atoms with van der Waals surface area (Å²) in [5.41, 5.74) is 2.67. The van der Waals surface area contributed by atoms with Gasteiger partial charge < -0.3 is 5.32 Å². The molecule has 0 unspecified atom stereocenters. The van der Waals surface area contributed by atoms with E-state index in [2.05, 4.69) is 21.2 Å². The molecule has 3 nitrogen and oxygen atoms in total. The van der Waals surface area contributed by atoms with Gasteiger partial charge in [-0.25, -0.2) is 0 Å². The van der Waals surface area contributed by atoms with Crippen LogP contribution in [-0.2, 0) is 4.79 Å². The van der Waals surface area contributed by atoms with E-state index in [1.54, 1.807) is 18.2 Å². The van der Waals surface area contributed by atoms with Crippen molar-refractivity contribution in [3.8, 4) is 6.07 Å². The first-order valence-corrected chi connectivity index (χ1v) is 7.13. The molecule has 1 N–H and O–H groups in total. The van der Waals surface area contributed by atoms with Crippen molar-refractivity contribution in [2.75, 3.05) is 5.32 Å². The number of hydrogen-bond acceptors (Lipinski definition) is 2. The van der Waals surface area contributed by atoms with E-state index in [0.29, 0.717) is 5.69 Å². The lowest BCUT2D eigenvalue weighted by Gasteiger charge is -2.04. The molecule has 0 fully saturated rings. The van der Waals surface area contributed by atoms with Crippen LogP contribution in [0.5, 0.6) is 0 Å². The summed E-state index contributed by atoms with van der Waals surface area (Å²) in [5, 5.41) is 11.8. The number of amides is 1. The molecule has 0 aliphatic rings. The summed E-state index contributed by atoms with van der Waals surface area (Å²) >= 11 is 3.33. The molecule has 4 heteroatoms. The number of halogens is 1. The zero-order chi connectivity index (χ0) is 15.2. The molecule has 0 saturated carbocycles. The second-order valence-electron chi connectivity index (χ2n) is 4.54. The van der Waals surface area contributed by atoms with Crippen LogP contribution in [-0.4, -0.2) is 5.91 Å². The van der Waals surface area contributed by atoms with Gasteiger partial charge in [0.1, 0.15) is 11.6 Å². The van der Waals surface area contributed by atoms with Gasteiger partial charge in [-0.05, 0) is 42.8 Å². The van der Waals surface area contributed by atoms with E-state index in [-0.39, 0.29) is 5.57 Å². The number of hydrogen-bond donors (Lipinski definition) is 1. The molecule has 1 amide bonds. The summed E-state index contributed by atoms with van der Waals surface area (Å²) in [5.74, 6) is -0.416. The first-order valence-electron chi connectivity index (χ1n) is 6.34. The molecule has 0 aromatic heterocycles. The smallest absolute Gasteiger partial charge is 0.266 e. The van der Waals surface area contributed by atoms with Crippen molar-refractivity contribution in [2.45, 2.75) is 6.92 Å². The fourth-order valence-electron chi connectivity index (χ4n) is 1.71. The van der Waals surface area contributed by atoms with Crippen molar-refractivity contribution in [1.29, 1.82) is 5.26 Å². The molecule has 0 radical (unpaired) electrons. The number of nitrogens with zero attached hydrogens (tertiary/aromatic N) is 1. The number of nitriles is 1. The van der Waals surface area contributed by atoms with Gasteiger partial charge in [-0.3, -0.25) is 4.79 Å². The summed E-state index contributed by atoms with van der Waals surface area (Å²) in [6, 6.07) is 16.7. The Hall–Kier alpha value is -2.38. The van der Waals surface area contributed by atoms with Crippen molar-refractivity contribution in [1.82, 2.24) is 0 Å². The maximum atomic E-state index is 12.1. The quantitative estimate of drug-likeness (QED) is 0.668. The van der Waals surface area contributed by atoms with Crippen molar-refractivity contribution in [3.63, 3.8) is 0 Å². The number of carbonyl (C=O) groups excluding carboxylic acids is 1. The Kier molecular flexibility index (Phi) is 4.91. The molecule has 0 aliphatic carbocycles. The highest BCUT2D eigenvalue weighted by Gasteiger charge is 2.09. The average Bonchev–Trinajstić information content (AvgIpc) is 2.49. The number of benzene rings is 2. The molecule has 0 heterocycles. The molecule has 0 spiro atoms. The molecule has 0 atom stereocenters. The summed E-state index contributed by atoms with van der Waals surface area (Å²) < 4.78 is 0.927. The lowest BCUT2D eigenvalue weighted by Crippen LogP contribution is -2.13. The minimum absolute atomic E-state index is 0.0711. The van der Waals surface area contributed by atoms with E-state index in [9.17, 15) is 4.79 Å². The highest BCUT2D eigenvalue weighted by atomic mass is 79.9. The Balaban J connectivity index is 2.17. The molecule has 104 valence electrons. The van der Waals surface area contributed by atoms with Crippen LogP contribution in [0.1, 0.15) is 11.1 Å². The van der Waals surface area contributed by atoms with Crippen LogP contribution in [0.3, 0.4) is 0 Å². The third-order valence-corrected chi connectivity index (χ3v) is 3.38. The second-order valence-corrected chi connectivity index (χ2v) is 5.46. The Morgan fingerprint density at radius 1 is 1.14 bits per heavy atom. The Morgan fingerprint density at radius 2 is 1.76 bits per heavy atom. The van der Waals surface area contributed by atoms with Crippen molar-refractivity contribution >= 4 is 33.6 Å². The zero-order valence-corrected chi connectivity index (χ0v) is 13.0. The van der Waals surface area contributed by atoms with Crippen molar-refractivity contribution in [3.05, 3.63) is 69.7 Å². The molecule has 0 bridgehead atoms. The van der Waals surface area contributed by atoms with Gasteiger partial charge in [0, 0.05) is 10.2 Å². The number of anilines is 1. The van der Waals surface area contributed by atoms with E-state index in [1.165, 1.54) is 0 Å². The lowest BCUT2D eigenvalue weighted by molar-refractivity contribution is -0.112. The summed E-state index contributed by atoms with van der Waals surface area (Å²) in [4.78, 5) is 12.1. The fourth-order valence-corrected chi connectivity index (χ4v) is 1.97. The predicted molar refractivity (Wildman–Crippen MR) is 87.5 cm³/mol. The Bertz CT molecular complexity index is 710. The minimum atomic E-state index is -0.416. The number of rotatable bonds is 3. The van der Waals surface area contributed by atoms with Crippen molar-refractivity contribution in [2.24, 2.45) is 0 Å². The number of carbonyl (C=O) groups is 1. The molecule has 2 rings (SSSR count). The normalized spacial score (nSPS) is 10.8. The number of aryl methyl sites for hydroxylation is 1. The van der Waals surface area contributed by atoms with Crippen LogP contribution in [0.15, 0.2) is 58.6 Å². The second kappa shape index (κ2) is 6.87. The van der Waals surface area contributed by atoms with Gasteiger partial charge in [0.2, 0.25) is 0 Å². The van der Waals surface area contributed by atoms with Crippen molar-refractivity contribution < 1.29 is 4.79 Å². The highest BCUT2D eigenvalue weighted by Crippen LogP contribution is 2.15. The van der Waals surface area contributed by atoms with Crippen LogP contribution in [0.4, 0.5) is 5.69 Å². The SMILES string of the molecule is Cc1ccc(/C=C(/C#N)C(=O)Nc2ccc(Br)cc2)cc1. The van der Waals surface area contributed by atoms with Gasteiger partial charge in [-0.1, -0.05) is 45.8 Å². The zero-order valence-electron chi connectivity index (χ0n) is 11.4. The lowest BCUT2D eigenvalue weighted by atomic mass is 10.1. The molecule has 2 aromatic rings. The maximum Gasteiger partial charge on any atom is 0.266 e. The van der Waals surface area contributed by atoms with Crippen LogP contribution >= 0.6 is 15.9 Å². The van der Waals surface area contributed by atoms with Crippen LogP contribution in [0.2, 0.25) is 0 Å². The van der Waals surface area contributed by atoms with E-state index in [4.69, 9.17) is 5.26 Å². The van der Waals surface area contributed by atoms with Gasteiger partial charge in [-0.15, -0.1) is 0 Å². The first-order chi connectivity index (χ1) is 10.1. The first kappa shape index (κ1) is 15.0. The highest BCUT2D eigenvalue weighted by molar-refractivity contribution is 9.10.